The Morgan fingerprint density at radius 1 is 1.09 bits per heavy atom. The predicted molar refractivity (Wildman–Crippen MR) is 91.0 cm³/mol. The van der Waals surface area contributed by atoms with E-state index in [1.807, 2.05) is 0 Å². The first-order valence-electron chi connectivity index (χ1n) is 7.77. The maximum absolute atomic E-state index is 4.59. The maximum atomic E-state index is 4.59. The van der Waals surface area contributed by atoms with E-state index in [9.17, 15) is 0 Å². The largest absolute Gasteiger partial charge is 0.351 e. The first-order valence-corrected chi connectivity index (χ1v) is 7.77. The standard InChI is InChI=1S/C17H18N6/c1-10-3-4-11(2)13(7-10)22-16-15-14(19-9-20-16)8-18-17(23-15)21-12-5-6-12/h3-4,7-9,12H,5-6H2,1-2H3,(H,18,21,23)(H,19,20,22). The molecule has 0 atom stereocenters. The van der Waals surface area contributed by atoms with Crippen molar-refractivity contribution in [2.24, 2.45) is 0 Å². The molecular weight excluding hydrogens is 288 g/mol. The van der Waals surface area contributed by atoms with Gasteiger partial charge in [0.1, 0.15) is 17.4 Å². The van der Waals surface area contributed by atoms with Gasteiger partial charge in [0, 0.05) is 11.7 Å². The predicted octanol–water partition coefficient (Wildman–Crippen LogP) is 3.35. The molecule has 4 rings (SSSR count). The molecule has 0 saturated heterocycles. The van der Waals surface area contributed by atoms with Crippen LogP contribution in [0.5, 0.6) is 0 Å². The maximum Gasteiger partial charge on any atom is 0.223 e. The third-order valence-corrected chi connectivity index (χ3v) is 3.93. The van der Waals surface area contributed by atoms with Crippen molar-refractivity contribution in [2.45, 2.75) is 32.7 Å². The van der Waals surface area contributed by atoms with Gasteiger partial charge >= 0.3 is 0 Å². The molecule has 23 heavy (non-hydrogen) atoms. The number of anilines is 3. The van der Waals surface area contributed by atoms with Crippen LogP contribution in [-0.2, 0) is 0 Å². The van der Waals surface area contributed by atoms with Gasteiger partial charge in [-0.3, -0.25) is 0 Å². The molecule has 6 heteroatoms. The second-order valence-corrected chi connectivity index (χ2v) is 6.01. The highest BCUT2D eigenvalue weighted by molar-refractivity contribution is 5.87. The van der Waals surface area contributed by atoms with Crippen molar-refractivity contribution in [3.63, 3.8) is 0 Å². The van der Waals surface area contributed by atoms with E-state index >= 15 is 0 Å². The van der Waals surface area contributed by atoms with Gasteiger partial charge < -0.3 is 10.6 Å². The van der Waals surface area contributed by atoms with Crippen molar-refractivity contribution < 1.29 is 0 Å². The molecule has 0 radical (unpaired) electrons. The first kappa shape index (κ1) is 13.9. The van der Waals surface area contributed by atoms with Crippen molar-refractivity contribution in [1.29, 1.82) is 0 Å². The van der Waals surface area contributed by atoms with Gasteiger partial charge in [0.25, 0.3) is 0 Å². The monoisotopic (exact) mass is 306 g/mol. The van der Waals surface area contributed by atoms with E-state index in [0.29, 0.717) is 17.8 Å². The highest BCUT2D eigenvalue weighted by Crippen LogP contribution is 2.26. The van der Waals surface area contributed by atoms with Gasteiger partial charge in [-0.25, -0.2) is 19.9 Å². The Hall–Kier alpha value is -2.76. The van der Waals surface area contributed by atoms with E-state index in [-0.39, 0.29) is 0 Å². The van der Waals surface area contributed by atoms with E-state index in [2.05, 4.69) is 62.6 Å². The molecule has 1 saturated carbocycles. The van der Waals surface area contributed by atoms with Crippen molar-refractivity contribution >= 4 is 28.5 Å². The number of aromatic nitrogens is 4. The SMILES string of the molecule is Cc1ccc(C)c(Nc2ncnc3cnc(NC4CC4)nc23)c1. The highest BCUT2D eigenvalue weighted by Gasteiger charge is 2.22. The molecule has 2 aromatic heterocycles. The minimum Gasteiger partial charge on any atom is -0.351 e. The highest BCUT2D eigenvalue weighted by atomic mass is 15.1. The molecule has 2 N–H and O–H groups in total. The molecule has 0 amide bonds. The number of hydrogen-bond acceptors (Lipinski definition) is 6. The zero-order valence-corrected chi connectivity index (χ0v) is 13.2. The van der Waals surface area contributed by atoms with Crippen LogP contribution < -0.4 is 10.6 Å². The summed E-state index contributed by atoms with van der Waals surface area (Å²) in [6, 6.07) is 6.80. The van der Waals surface area contributed by atoms with Crippen LogP contribution >= 0.6 is 0 Å². The summed E-state index contributed by atoms with van der Waals surface area (Å²) in [5, 5.41) is 6.70. The third kappa shape index (κ3) is 2.92. The smallest absolute Gasteiger partial charge is 0.223 e. The van der Waals surface area contributed by atoms with Crippen LogP contribution in [0.4, 0.5) is 17.5 Å². The normalized spacial score (nSPS) is 14.0. The van der Waals surface area contributed by atoms with Gasteiger partial charge in [-0.2, -0.15) is 0 Å². The lowest BCUT2D eigenvalue weighted by molar-refractivity contribution is 1.06. The topological polar surface area (TPSA) is 75.6 Å². The molecule has 0 spiro atoms. The number of aryl methyl sites for hydroxylation is 2. The summed E-state index contributed by atoms with van der Waals surface area (Å²) < 4.78 is 0. The van der Waals surface area contributed by atoms with E-state index in [1.54, 1.807) is 6.20 Å². The quantitative estimate of drug-likeness (QED) is 0.770. The molecular formula is C17H18N6. The van der Waals surface area contributed by atoms with Gasteiger partial charge in [-0.15, -0.1) is 0 Å². The van der Waals surface area contributed by atoms with Crippen molar-refractivity contribution in [2.75, 3.05) is 10.6 Å². The zero-order valence-electron chi connectivity index (χ0n) is 13.2. The Morgan fingerprint density at radius 2 is 1.96 bits per heavy atom. The first-order chi connectivity index (χ1) is 11.2. The Balaban J connectivity index is 1.74. The second kappa shape index (κ2) is 5.46. The van der Waals surface area contributed by atoms with Crippen LogP contribution in [0.25, 0.3) is 11.0 Å². The van der Waals surface area contributed by atoms with Gasteiger partial charge in [0.2, 0.25) is 5.95 Å². The lowest BCUT2D eigenvalue weighted by Crippen LogP contribution is -2.06. The van der Waals surface area contributed by atoms with Gasteiger partial charge in [-0.1, -0.05) is 12.1 Å². The summed E-state index contributed by atoms with van der Waals surface area (Å²) in [6.45, 7) is 4.14. The summed E-state index contributed by atoms with van der Waals surface area (Å²) in [5.41, 5.74) is 4.84. The zero-order chi connectivity index (χ0) is 15.8. The van der Waals surface area contributed by atoms with Crippen LogP contribution in [-0.4, -0.2) is 26.0 Å². The summed E-state index contributed by atoms with van der Waals surface area (Å²) in [6.07, 6.45) is 5.64. The fourth-order valence-electron chi connectivity index (χ4n) is 2.42. The van der Waals surface area contributed by atoms with E-state index in [4.69, 9.17) is 0 Å². The van der Waals surface area contributed by atoms with Crippen molar-refractivity contribution in [3.8, 4) is 0 Å². The van der Waals surface area contributed by atoms with E-state index in [0.717, 1.165) is 22.3 Å². The number of rotatable bonds is 4. The summed E-state index contributed by atoms with van der Waals surface area (Å²) in [4.78, 5) is 17.5. The van der Waals surface area contributed by atoms with E-state index in [1.165, 1.54) is 24.7 Å². The molecule has 0 bridgehead atoms. The average Bonchev–Trinajstić information content (AvgIpc) is 3.35. The Labute approximate surface area is 134 Å². The van der Waals surface area contributed by atoms with Crippen LogP contribution in [0.1, 0.15) is 24.0 Å². The van der Waals surface area contributed by atoms with E-state index < -0.39 is 0 Å². The Bertz CT molecular complexity index is 872. The molecule has 116 valence electrons. The van der Waals surface area contributed by atoms with Gasteiger partial charge in [-0.05, 0) is 43.9 Å². The third-order valence-electron chi connectivity index (χ3n) is 3.93. The lowest BCUT2D eigenvalue weighted by atomic mass is 10.1. The lowest BCUT2D eigenvalue weighted by Gasteiger charge is -2.11. The van der Waals surface area contributed by atoms with Gasteiger partial charge in [0.05, 0.1) is 6.20 Å². The molecule has 1 aliphatic rings. The van der Waals surface area contributed by atoms with Crippen LogP contribution in [0, 0.1) is 13.8 Å². The fraction of sp³-hybridized carbons (Fsp3) is 0.294. The molecule has 0 unspecified atom stereocenters. The molecule has 0 aliphatic heterocycles. The van der Waals surface area contributed by atoms with Crippen LogP contribution in [0.2, 0.25) is 0 Å². The molecule has 2 heterocycles. The van der Waals surface area contributed by atoms with Crippen LogP contribution in [0.15, 0.2) is 30.7 Å². The van der Waals surface area contributed by atoms with Gasteiger partial charge in [0.15, 0.2) is 5.82 Å². The molecule has 1 aromatic carbocycles. The van der Waals surface area contributed by atoms with Crippen molar-refractivity contribution in [3.05, 3.63) is 41.9 Å². The fourth-order valence-corrected chi connectivity index (χ4v) is 2.42. The summed E-state index contributed by atoms with van der Waals surface area (Å²) >= 11 is 0. The Morgan fingerprint density at radius 3 is 2.78 bits per heavy atom. The second-order valence-electron chi connectivity index (χ2n) is 6.01. The number of nitrogens with zero attached hydrogens (tertiary/aromatic N) is 4. The Kier molecular flexibility index (Phi) is 3.29. The average molecular weight is 306 g/mol. The number of hydrogen-bond donors (Lipinski definition) is 2. The van der Waals surface area contributed by atoms with Crippen molar-refractivity contribution in [1.82, 2.24) is 19.9 Å². The molecule has 1 aliphatic carbocycles. The molecule has 3 aromatic rings. The number of nitrogens with one attached hydrogen (secondary N) is 2. The number of benzene rings is 1. The minimum absolute atomic E-state index is 0.507. The molecule has 1 fully saturated rings. The number of fused-ring (bicyclic) bond motifs is 1. The molecule has 6 nitrogen and oxygen atoms in total. The minimum atomic E-state index is 0.507. The summed E-state index contributed by atoms with van der Waals surface area (Å²) in [7, 11) is 0. The summed E-state index contributed by atoms with van der Waals surface area (Å²) in [5.74, 6) is 1.34. The van der Waals surface area contributed by atoms with Crippen LogP contribution in [0.3, 0.4) is 0 Å².